The van der Waals surface area contributed by atoms with Crippen LogP contribution in [0.2, 0.25) is 5.02 Å². The van der Waals surface area contributed by atoms with Crippen LogP contribution in [0.25, 0.3) is 0 Å². The van der Waals surface area contributed by atoms with E-state index >= 15 is 0 Å². The molecule has 1 atom stereocenters. The van der Waals surface area contributed by atoms with Crippen molar-refractivity contribution in [1.82, 2.24) is 4.90 Å². The summed E-state index contributed by atoms with van der Waals surface area (Å²) in [6, 6.07) is 16.9. The number of rotatable bonds is 3. The maximum absolute atomic E-state index is 9.38. The molecule has 0 radical (unpaired) electrons. The first-order valence-electron chi connectivity index (χ1n) is 10.2. The number of piperidine rings is 1. The van der Waals surface area contributed by atoms with Gasteiger partial charge in [0.25, 0.3) is 0 Å². The molecule has 27 heavy (non-hydrogen) atoms. The van der Waals surface area contributed by atoms with Gasteiger partial charge in [0.15, 0.2) is 0 Å². The molecule has 1 fully saturated rings. The van der Waals surface area contributed by atoms with E-state index in [1.165, 1.54) is 62.0 Å². The number of hydrogen-bond donors (Lipinski definition) is 0. The summed E-state index contributed by atoms with van der Waals surface area (Å²) in [6.07, 6.45) is 7.03. The Morgan fingerprint density at radius 2 is 1.74 bits per heavy atom. The molecule has 2 aliphatic rings. The van der Waals surface area contributed by atoms with Crippen LogP contribution in [-0.4, -0.2) is 24.5 Å². The lowest BCUT2D eigenvalue weighted by atomic mass is 9.88. The second-order valence-electron chi connectivity index (χ2n) is 8.09. The van der Waals surface area contributed by atoms with Crippen molar-refractivity contribution in [1.29, 1.82) is 5.26 Å². The fourth-order valence-electron chi connectivity index (χ4n) is 4.90. The van der Waals surface area contributed by atoms with Crippen LogP contribution < -0.4 is 0 Å². The van der Waals surface area contributed by atoms with Crippen molar-refractivity contribution in [2.24, 2.45) is 5.92 Å². The summed E-state index contributed by atoms with van der Waals surface area (Å²) >= 11 is 6.40. The van der Waals surface area contributed by atoms with E-state index in [0.29, 0.717) is 5.92 Å². The number of halogens is 1. The van der Waals surface area contributed by atoms with Gasteiger partial charge in [-0.1, -0.05) is 41.9 Å². The van der Waals surface area contributed by atoms with Gasteiger partial charge in [-0.2, -0.15) is 5.26 Å². The molecule has 0 spiro atoms. The van der Waals surface area contributed by atoms with Gasteiger partial charge in [-0.25, -0.2) is 0 Å². The van der Waals surface area contributed by atoms with Gasteiger partial charge in [0.1, 0.15) is 0 Å². The minimum absolute atomic E-state index is 0.603. The van der Waals surface area contributed by atoms with Crippen molar-refractivity contribution in [3.63, 3.8) is 0 Å². The van der Waals surface area contributed by atoms with Gasteiger partial charge in [0, 0.05) is 11.6 Å². The molecule has 4 rings (SSSR count). The molecule has 3 heteroatoms. The number of nitriles is 1. The number of nitrogens with zero attached hydrogens (tertiary/aromatic N) is 2. The average Bonchev–Trinajstić information content (AvgIpc) is 2.91. The van der Waals surface area contributed by atoms with Gasteiger partial charge in [-0.05, 0) is 92.3 Å². The smallest absolute Gasteiger partial charge is 0.0994 e. The fraction of sp³-hybridized carbons (Fsp3) is 0.458. The van der Waals surface area contributed by atoms with Crippen LogP contribution in [0.5, 0.6) is 0 Å². The van der Waals surface area contributed by atoms with Crippen LogP contribution in [-0.2, 0) is 12.8 Å². The molecule has 1 aliphatic heterocycles. The van der Waals surface area contributed by atoms with Gasteiger partial charge in [-0.15, -0.1) is 0 Å². The third-order valence-corrected chi connectivity index (χ3v) is 6.81. The van der Waals surface area contributed by atoms with Crippen molar-refractivity contribution < 1.29 is 0 Å². The largest absolute Gasteiger partial charge is 0.303 e. The van der Waals surface area contributed by atoms with Crippen LogP contribution in [0.4, 0.5) is 0 Å². The molecule has 1 heterocycles. The molecule has 1 unspecified atom stereocenters. The molecular weight excluding hydrogens is 352 g/mol. The minimum Gasteiger partial charge on any atom is -0.303 e. The molecule has 1 aliphatic carbocycles. The first kappa shape index (κ1) is 18.5. The Morgan fingerprint density at radius 1 is 0.963 bits per heavy atom. The third kappa shape index (κ3) is 4.21. The van der Waals surface area contributed by atoms with Gasteiger partial charge >= 0.3 is 0 Å². The van der Waals surface area contributed by atoms with E-state index in [1.807, 2.05) is 24.3 Å². The summed E-state index contributed by atoms with van der Waals surface area (Å²) in [5.41, 5.74) is 4.91. The second kappa shape index (κ2) is 8.46. The zero-order chi connectivity index (χ0) is 18.6. The Hall–Kier alpha value is -1.82. The molecule has 2 nitrogen and oxygen atoms in total. The van der Waals surface area contributed by atoms with Crippen LogP contribution in [0.1, 0.15) is 53.9 Å². The van der Waals surface area contributed by atoms with Gasteiger partial charge in [0.05, 0.1) is 11.6 Å². The lowest BCUT2D eigenvalue weighted by Gasteiger charge is -2.34. The topological polar surface area (TPSA) is 27.0 Å². The highest BCUT2D eigenvalue weighted by Gasteiger charge is 2.25. The van der Waals surface area contributed by atoms with E-state index < -0.39 is 0 Å². The highest BCUT2D eigenvalue weighted by atomic mass is 35.5. The molecule has 0 aromatic heterocycles. The number of hydrogen-bond acceptors (Lipinski definition) is 2. The zero-order valence-corrected chi connectivity index (χ0v) is 16.6. The lowest BCUT2D eigenvalue weighted by Crippen LogP contribution is -2.36. The van der Waals surface area contributed by atoms with Crippen LogP contribution in [0, 0.1) is 17.2 Å². The molecule has 140 valence electrons. The Kier molecular flexibility index (Phi) is 5.81. The highest BCUT2D eigenvalue weighted by molar-refractivity contribution is 6.31. The molecule has 0 N–H and O–H groups in total. The van der Waals surface area contributed by atoms with E-state index in [0.717, 1.165) is 29.3 Å². The normalized spacial score (nSPS) is 21.3. The minimum atomic E-state index is 0.603. The average molecular weight is 379 g/mol. The summed E-state index contributed by atoms with van der Waals surface area (Å²) in [5, 5.41) is 10.3. The number of likely N-dealkylation sites (tertiary alicyclic amines) is 1. The van der Waals surface area contributed by atoms with Gasteiger partial charge < -0.3 is 4.90 Å². The zero-order valence-electron chi connectivity index (χ0n) is 15.8. The quantitative estimate of drug-likeness (QED) is 0.651. The summed E-state index contributed by atoms with van der Waals surface area (Å²) < 4.78 is 0. The van der Waals surface area contributed by atoms with Crippen molar-refractivity contribution in [2.45, 2.75) is 44.4 Å². The molecule has 0 amide bonds. The Labute approximate surface area is 167 Å². The molecule has 0 saturated carbocycles. The van der Waals surface area contributed by atoms with Crippen LogP contribution in [0.15, 0.2) is 42.5 Å². The van der Waals surface area contributed by atoms with Crippen LogP contribution >= 0.6 is 11.6 Å². The van der Waals surface area contributed by atoms with E-state index in [-0.39, 0.29) is 0 Å². The molecule has 2 aromatic carbocycles. The first-order chi connectivity index (χ1) is 13.2. The van der Waals surface area contributed by atoms with Gasteiger partial charge in [-0.3, -0.25) is 0 Å². The maximum Gasteiger partial charge on any atom is 0.0994 e. The van der Waals surface area contributed by atoms with Gasteiger partial charge in [0.2, 0.25) is 0 Å². The molecule has 0 bridgehead atoms. The maximum atomic E-state index is 9.38. The summed E-state index contributed by atoms with van der Waals surface area (Å²) in [7, 11) is 0. The van der Waals surface area contributed by atoms with E-state index in [9.17, 15) is 5.26 Å². The second-order valence-corrected chi connectivity index (χ2v) is 8.50. The summed E-state index contributed by atoms with van der Waals surface area (Å²) in [4.78, 5) is 2.65. The third-order valence-electron chi connectivity index (χ3n) is 6.47. The summed E-state index contributed by atoms with van der Waals surface area (Å²) in [6.45, 7) is 3.54. The standard InChI is InChI=1S/C24H27ClN2/c25-24-7-2-1-6-23(24)20-12-14-27(15-13-20)17-18-8-10-19-4-3-5-21(16-26)22(19)11-9-18/h1-7,18,20H,8-15,17H2. The molecule has 2 aromatic rings. The number of fused-ring (bicyclic) bond motifs is 1. The van der Waals surface area contributed by atoms with Crippen molar-refractivity contribution in [3.8, 4) is 6.07 Å². The van der Waals surface area contributed by atoms with Crippen molar-refractivity contribution in [2.75, 3.05) is 19.6 Å². The van der Waals surface area contributed by atoms with Crippen molar-refractivity contribution >= 4 is 11.6 Å². The predicted molar refractivity (Wildman–Crippen MR) is 111 cm³/mol. The Bertz CT molecular complexity index is 831. The Balaban J connectivity index is 1.33. The van der Waals surface area contributed by atoms with Crippen molar-refractivity contribution in [3.05, 3.63) is 69.7 Å². The van der Waals surface area contributed by atoms with E-state index in [2.05, 4.69) is 29.2 Å². The predicted octanol–water partition coefficient (Wildman–Crippen LogP) is 5.59. The van der Waals surface area contributed by atoms with Crippen LogP contribution in [0.3, 0.4) is 0 Å². The molecule has 1 saturated heterocycles. The fourth-order valence-corrected chi connectivity index (χ4v) is 5.19. The van der Waals surface area contributed by atoms with E-state index in [1.54, 1.807) is 0 Å². The molecular formula is C24H27ClN2. The first-order valence-corrected chi connectivity index (χ1v) is 10.6. The lowest BCUT2D eigenvalue weighted by molar-refractivity contribution is 0.175. The summed E-state index contributed by atoms with van der Waals surface area (Å²) in [5.74, 6) is 1.34. The Morgan fingerprint density at radius 3 is 2.52 bits per heavy atom. The SMILES string of the molecule is N#Cc1cccc2c1CCC(CN1CCC(c3ccccc3Cl)CC1)CC2. The number of aryl methyl sites for hydroxylation is 1. The number of benzene rings is 2. The van der Waals surface area contributed by atoms with E-state index in [4.69, 9.17) is 11.6 Å². The highest BCUT2D eigenvalue weighted by Crippen LogP contribution is 2.34. The monoisotopic (exact) mass is 378 g/mol.